The van der Waals surface area contributed by atoms with Gasteiger partial charge in [-0.15, -0.1) is 0 Å². The molecule has 1 aromatic heterocycles. The van der Waals surface area contributed by atoms with Crippen LogP contribution in [0.2, 0.25) is 0 Å². The van der Waals surface area contributed by atoms with Crippen LogP contribution in [-0.4, -0.2) is 35.4 Å². The van der Waals surface area contributed by atoms with Gasteiger partial charge in [0.1, 0.15) is 0 Å². The Hall–Kier alpha value is -3.88. The normalized spacial score (nSPS) is 11.9. The molecular formula is C20H17N3O6. The van der Waals surface area contributed by atoms with Crippen molar-refractivity contribution in [3.63, 3.8) is 0 Å². The van der Waals surface area contributed by atoms with E-state index in [0.29, 0.717) is 28.9 Å². The lowest BCUT2D eigenvalue weighted by molar-refractivity contribution is -0.147. The van der Waals surface area contributed by atoms with E-state index in [1.54, 1.807) is 18.2 Å². The van der Waals surface area contributed by atoms with Gasteiger partial charge in [0.25, 0.3) is 5.91 Å². The summed E-state index contributed by atoms with van der Waals surface area (Å²) in [7, 11) is 0. The number of nitrogens with one attached hydrogen (secondary N) is 1. The third kappa shape index (κ3) is 4.70. The molecule has 0 radical (unpaired) electrons. The van der Waals surface area contributed by atoms with Gasteiger partial charge in [-0.05, 0) is 12.1 Å². The molecule has 0 saturated heterocycles. The van der Waals surface area contributed by atoms with Crippen LogP contribution in [0.1, 0.15) is 12.3 Å². The molecule has 0 bridgehead atoms. The monoisotopic (exact) mass is 395 g/mol. The zero-order valence-corrected chi connectivity index (χ0v) is 15.3. The number of esters is 1. The molecule has 1 aliphatic heterocycles. The fourth-order valence-corrected chi connectivity index (χ4v) is 2.66. The van der Waals surface area contributed by atoms with Gasteiger partial charge in [0.05, 0.1) is 6.42 Å². The largest absolute Gasteiger partial charge is 0.456 e. The second-order valence-corrected chi connectivity index (χ2v) is 6.15. The molecule has 0 atom stereocenters. The molecule has 148 valence electrons. The molecule has 9 heteroatoms. The number of aromatic nitrogens is 2. The molecule has 2 heterocycles. The molecular weight excluding hydrogens is 378 g/mol. The summed E-state index contributed by atoms with van der Waals surface area (Å²) in [5, 5.41) is 6.52. The van der Waals surface area contributed by atoms with E-state index in [2.05, 4.69) is 15.5 Å². The maximum Gasteiger partial charge on any atom is 0.306 e. The van der Waals surface area contributed by atoms with Gasteiger partial charge in [-0.1, -0.05) is 35.5 Å². The molecule has 0 saturated carbocycles. The number of anilines is 1. The van der Waals surface area contributed by atoms with Gasteiger partial charge in [0.2, 0.25) is 18.5 Å². The number of fused-ring (bicyclic) bond motifs is 1. The predicted molar refractivity (Wildman–Crippen MR) is 100 cm³/mol. The Balaban J connectivity index is 1.21. The quantitative estimate of drug-likeness (QED) is 0.608. The third-order valence-corrected chi connectivity index (χ3v) is 4.06. The van der Waals surface area contributed by atoms with E-state index < -0.39 is 18.5 Å². The molecule has 1 N–H and O–H groups in total. The minimum atomic E-state index is -0.537. The Kier molecular flexibility index (Phi) is 5.37. The van der Waals surface area contributed by atoms with E-state index in [9.17, 15) is 9.59 Å². The molecule has 0 unspecified atom stereocenters. The number of amides is 1. The van der Waals surface area contributed by atoms with Crippen molar-refractivity contribution in [3.05, 3.63) is 54.4 Å². The third-order valence-electron chi connectivity index (χ3n) is 4.06. The Morgan fingerprint density at radius 1 is 1.07 bits per heavy atom. The van der Waals surface area contributed by atoms with E-state index >= 15 is 0 Å². The van der Waals surface area contributed by atoms with E-state index in [1.807, 2.05) is 30.3 Å². The van der Waals surface area contributed by atoms with Gasteiger partial charge in [-0.25, -0.2) is 0 Å². The molecule has 4 rings (SSSR count). The van der Waals surface area contributed by atoms with Crippen LogP contribution < -0.4 is 14.8 Å². The number of nitrogens with zero attached hydrogens (tertiary/aromatic N) is 2. The van der Waals surface area contributed by atoms with Gasteiger partial charge in [0, 0.05) is 23.7 Å². The average Bonchev–Trinajstić information content (AvgIpc) is 3.40. The number of hydrogen-bond donors (Lipinski definition) is 1. The molecule has 3 aromatic rings. The number of hydrogen-bond acceptors (Lipinski definition) is 8. The summed E-state index contributed by atoms with van der Waals surface area (Å²) in [6.07, 6.45) is 0.246. The maximum atomic E-state index is 12.0. The van der Waals surface area contributed by atoms with E-state index in [4.69, 9.17) is 18.7 Å². The van der Waals surface area contributed by atoms with Crippen LogP contribution in [0.4, 0.5) is 5.69 Å². The predicted octanol–water partition coefficient (Wildman–Crippen LogP) is 2.58. The number of carbonyl (C=O) groups is 2. The Morgan fingerprint density at radius 2 is 1.90 bits per heavy atom. The lowest BCUT2D eigenvalue weighted by Gasteiger charge is -2.07. The van der Waals surface area contributed by atoms with Crippen LogP contribution in [-0.2, 0) is 20.7 Å². The molecule has 1 amide bonds. The van der Waals surface area contributed by atoms with Crippen LogP contribution in [0.15, 0.2) is 53.1 Å². The number of carbonyl (C=O) groups excluding carboxylic acids is 2. The SMILES string of the molecule is O=C(COC(=O)CCc1nc(-c2ccccc2)no1)Nc1ccc2c(c1)OCO2. The van der Waals surface area contributed by atoms with Gasteiger partial charge in [-0.3, -0.25) is 9.59 Å². The van der Waals surface area contributed by atoms with Crippen molar-refractivity contribution in [3.8, 4) is 22.9 Å². The highest BCUT2D eigenvalue weighted by atomic mass is 16.7. The highest BCUT2D eigenvalue weighted by Gasteiger charge is 2.15. The fraction of sp³-hybridized carbons (Fsp3) is 0.200. The number of rotatable bonds is 7. The van der Waals surface area contributed by atoms with Gasteiger partial charge >= 0.3 is 5.97 Å². The molecule has 2 aromatic carbocycles. The van der Waals surface area contributed by atoms with Crippen molar-refractivity contribution in [1.82, 2.24) is 10.1 Å². The van der Waals surface area contributed by atoms with Crippen LogP contribution >= 0.6 is 0 Å². The van der Waals surface area contributed by atoms with Crippen molar-refractivity contribution in [1.29, 1.82) is 0 Å². The fourth-order valence-electron chi connectivity index (χ4n) is 2.66. The smallest absolute Gasteiger partial charge is 0.306 e. The van der Waals surface area contributed by atoms with Gasteiger partial charge in [0.15, 0.2) is 18.1 Å². The first-order chi connectivity index (χ1) is 14.2. The summed E-state index contributed by atoms with van der Waals surface area (Å²) in [4.78, 5) is 28.1. The summed E-state index contributed by atoms with van der Waals surface area (Å²) in [5.74, 6) is 0.953. The lowest BCUT2D eigenvalue weighted by Crippen LogP contribution is -2.21. The van der Waals surface area contributed by atoms with E-state index in [-0.39, 0.29) is 19.6 Å². The lowest BCUT2D eigenvalue weighted by atomic mass is 10.2. The highest BCUT2D eigenvalue weighted by Crippen LogP contribution is 2.34. The number of ether oxygens (including phenoxy) is 3. The Morgan fingerprint density at radius 3 is 2.76 bits per heavy atom. The van der Waals surface area contributed by atoms with Gasteiger partial charge in [-0.2, -0.15) is 4.98 Å². The second-order valence-electron chi connectivity index (χ2n) is 6.15. The Labute approximate surface area is 165 Å². The molecule has 0 fully saturated rings. The average molecular weight is 395 g/mol. The van der Waals surface area contributed by atoms with Crippen molar-refractivity contribution in [2.24, 2.45) is 0 Å². The molecule has 9 nitrogen and oxygen atoms in total. The summed E-state index contributed by atoms with van der Waals surface area (Å²) < 4.78 is 20.6. The standard InChI is InChI=1S/C20H17N3O6/c24-17(21-14-6-7-15-16(10-14)28-12-27-15)11-26-19(25)9-8-18-22-20(23-29-18)13-4-2-1-3-5-13/h1-7,10H,8-9,11-12H2,(H,21,24). The molecule has 0 aliphatic carbocycles. The number of benzene rings is 2. The first-order valence-corrected chi connectivity index (χ1v) is 8.90. The van der Waals surface area contributed by atoms with Gasteiger partial charge < -0.3 is 24.1 Å². The van der Waals surface area contributed by atoms with Crippen LogP contribution in [0.25, 0.3) is 11.4 Å². The second kappa shape index (κ2) is 8.42. The van der Waals surface area contributed by atoms with Crippen LogP contribution in [0.3, 0.4) is 0 Å². The summed E-state index contributed by atoms with van der Waals surface area (Å²) in [6, 6.07) is 14.4. The zero-order chi connectivity index (χ0) is 20.1. The minimum Gasteiger partial charge on any atom is -0.456 e. The summed E-state index contributed by atoms with van der Waals surface area (Å²) >= 11 is 0. The maximum absolute atomic E-state index is 12.0. The number of aryl methyl sites for hydroxylation is 1. The zero-order valence-electron chi connectivity index (χ0n) is 15.3. The minimum absolute atomic E-state index is 0.0216. The van der Waals surface area contributed by atoms with Crippen molar-refractivity contribution in [2.45, 2.75) is 12.8 Å². The molecule has 29 heavy (non-hydrogen) atoms. The summed E-state index contributed by atoms with van der Waals surface area (Å²) in [6.45, 7) is -0.246. The van der Waals surface area contributed by atoms with E-state index in [0.717, 1.165) is 5.56 Å². The topological polar surface area (TPSA) is 113 Å². The van der Waals surface area contributed by atoms with Crippen molar-refractivity contribution in [2.75, 3.05) is 18.7 Å². The first-order valence-electron chi connectivity index (χ1n) is 8.90. The van der Waals surface area contributed by atoms with E-state index in [1.165, 1.54) is 0 Å². The molecule has 1 aliphatic rings. The summed E-state index contributed by atoms with van der Waals surface area (Å²) in [5.41, 5.74) is 1.35. The first kappa shape index (κ1) is 18.5. The van der Waals surface area contributed by atoms with Crippen molar-refractivity contribution >= 4 is 17.6 Å². The van der Waals surface area contributed by atoms with Crippen LogP contribution in [0, 0.1) is 0 Å². The highest BCUT2D eigenvalue weighted by molar-refractivity contribution is 5.93. The van der Waals surface area contributed by atoms with Crippen molar-refractivity contribution < 1.29 is 28.3 Å². The van der Waals surface area contributed by atoms with Crippen LogP contribution in [0.5, 0.6) is 11.5 Å². The Bertz CT molecular complexity index is 1020. The molecule has 0 spiro atoms.